The fraction of sp³-hybridized carbons (Fsp3) is 0.333. The average Bonchev–Trinajstić information content (AvgIpc) is 2.32. The molecule has 0 saturated carbocycles. The lowest BCUT2D eigenvalue weighted by atomic mass is 10.2. The van der Waals surface area contributed by atoms with Crippen LogP contribution in [0.5, 0.6) is 0 Å². The monoisotopic (exact) mass is 332 g/mol. The second-order valence-corrected chi connectivity index (χ2v) is 4.82. The van der Waals surface area contributed by atoms with Gasteiger partial charge in [0, 0.05) is 4.47 Å². The van der Waals surface area contributed by atoms with E-state index in [1.165, 1.54) is 12.1 Å². The molecule has 0 aliphatic carbocycles. The van der Waals surface area contributed by atoms with E-state index in [-0.39, 0.29) is 5.69 Å². The second-order valence-electron chi connectivity index (χ2n) is 3.90. The van der Waals surface area contributed by atoms with E-state index in [0.717, 1.165) is 0 Å². The fourth-order valence-corrected chi connectivity index (χ4v) is 1.79. The first kappa shape index (κ1) is 15.4. The van der Waals surface area contributed by atoms with E-state index in [1.54, 1.807) is 6.07 Å². The van der Waals surface area contributed by atoms with Crippen LogP contribution in [0.4, 0.5) is 14.9 Å². The van der Waals surface area contributed by atoms with Crippen molar-refractivity contribution in [3.63, 3.8) is 0 Å². The van der Waals surface area contributed by atoms with E-state index in [2.05, 4.69) is 26.6 Å². The summed E-state index contributed by atoms with van der Waals surface area (Å²) in [6.45, 7) is 1.81. The van der Waals surface area contributed by atoms with Crippen molar-refractivity contribution in [2.24, 2.45) is 0 Å². The van der Waals surface area contributed by atoms with Crippen LogP contribution in [0.2, 0.25) is 0 Å². The maximum atomic E-state index is 13.5. The molecule has 19 heavy (non-hydrogen) atoms. The number of aliphatic carboxylic acids is 1. The molecule has 1 aromatic rings. The summed E-state index contributed by atoms with van der Waals surface area (Å²) < 4.78 is 14.0. The molecule has 0 saturated heterocycles. The molecule has 0 radical (unpaired) electrons. The van der Waals surface area contributed by atoms with Crippen LogP contribution >= 0.6 is 15.9 Å². The minimum absolute atomic E-state index is 0.0127. The Balaban J connectivity index is 2.66. The smallest absolute Gasteiger partial charge is 0.326 e. The highest BCUT2D eigenvalue weighted by atomic mass is 79.9. The van der Waals surface area contributed by atoms with Crippen LogP contribution in [-0.4, -0.2) is 23.1 Å². The van der Waals surface area contributed by atoms with E-state index < -0.39 is 23.9 Å². The zero-order valence-electron chi connectivity index (χ0n) is 10.2. The molecule has 1 aromatic carbocycles. The van der Waals surface area contributed by atoms with E-state index in [1.807, 2.05) is 6.92 Å². The van der Waals surface area contributed by atoms with Crippen molar-refractivity contribution in [1.29, 1.82) is 0 Å². The van der Waals surface area contributed by atoms with Crippen LogP contribution in [0.25, 0.3) is 0 Å². The summed E-state index contributed by atoms with van der Waals surface area (Å²) in [6, 6.07) is 2.43. The molecule has 7 heteroatoms. The molecule has 0 bridgehead atoms. The summed E-state index contributed by atoms with van der Waals surface area (Å²) in [7, 11) is 0. The lowest BCUT2D eigenvalue weighted by Crippen LogP contribution is -2.43. The van der Waals surface area contributed by atoms with Crippen molar-refractivity contribution in [3.05, 3.63) is 28.5 Å². The van der Waals surface area contributed by atoms with Gasteiger partial charge in [-0.2, -0.15) is 0 Å². The number of halogens is 2. The van der Waals surface area contributed by atoms with Crippen LogP contribution in [0.3, 0.4) is 0 Å². The molecule has 1 rings (SSSR count). The summed E-state index contributed by atoms with van der Waals surface area (Å²) in [5.41, 5.74) is -0.0127. The first-order chi connectivity index (χ1) is 8.93. The Morgan fingerprint density at radius 1 is 1.47 bits per heavy atom. The predicted octanol–water partition coefficient (Wildman–Crippen LogP) is 2.96. The van der Waals surface area contributed by atoms with Gasteiger partial charge in [0.15, 0.2) is 0 Å². The largest absolute Gasteiger partial charge is 0.480 e. The topological polar surface area (TPSA) is 78.4 Å². The van der Waals surface area contributed by atoms with Crippen molar-refractivity contribution in [1.82, 2.24) is 5.32 Å². The molecule has 0 heterocycles. The molecule has 0 aromatic heterocycles. The van der Waals surface area contributed by atoms with Gasteiger partial charge in [-0.05, 0) is 24.6 Å². The molecular formula is C12H14BrFN2O3. The Hall–Kier alpha value is -1.63. The molecule has 0 aliphatic heterocycles. The minimum atomic E-state index is -1.12. The van der Waals surface area contributed by atoms with Gasteiger partial charge in [0.2, 0.25) is 0 Å². The van der Waals surface area contributed by atoms with Gasteiger partial charge in [0.05, 0.1) is 5.69 Å². The lowest BCUT2D eigenvalue weighted by Gasteiger charge is -2.14. The maximum Gasteiger partial charge on any atom is 0.326 e. The molecule has 0 aliphatic rings. The lowest BCUT2D eigenvalue weighted by molar-refractivity contribution is -0.139. The second kappa shape index (κ2) is 7.08. The number of carboxylic acid groups (broad SMARTS) is 1. The number of carboxylic acids is 1. The number of benzene rings is 1. The van der Waals surface area contributed by atoms with Gasteiger partial charge >= 0.3 is 12.0 Å². The molecule has 2 amide bonds. The Kier molecular flexibility index (Phi) is 5.75. The third-order valence-corrected chi connectivity index (χ3v) is 2.85. The van der Waals surface area contributed by atoms with Crippen LogP contribution in [-0.2, 0) is 4.79 Å². The van der Waals surface area contributed by atoms with Crippen LogP contribution in [0.15, 0.2) is 22.7 Å². The summed E-state index contributed by atoms with van der Waals surface area (Å²) in [5.74, 6) is -1.72. The highest BCUT2D eigenvalue weighted by Gasteiger charge is 2.19. The van der Waals surface area contributed by atoms with Gasteiger partial charge in [-0.3, -0.25) is 0 Å². The van der Waals surface area contributed by atoms with Crippen molar-refractivity contribution in [3.8, 4) is 0 Å². The maximum absolute atomic E-state index is 13.5. The SMILES string of the molecule is CCCC(NC(=O)Nc1ccc(Br)cc1F)C(=O)O. The van der Waals surface area contributed by atoms with Crippen LogP contribution < -0.4 is 10.6 Å². The van der Waals surface area contributed by atoms with E-state index in [0.29, 0.717) is 17.3 Å². The van der Waals surface area contributed by atoms with Crippen molar-refractivity contribution in [2.75, 3.05) is 5.32 Å². The molecule has 5 nitrogen and oxygen atoms in total. The van der Waals surface area contributed by atoms with E-state index >= 15 is 0 Å². The third kappa shape index (κ3) is 4.86. The molecule has 0 fully saturated rings. The molecule has 3 N–H and O–H groups in total. The van der Waals surface area contributed by atoms with E-state index in [4.69, 9.17) is 5.11 Å². The highest BCUT2D eigenvalue weighted by Crippen LogP contribution is 2.19. The van der Waals surface area contributed by atoms with Gasteiger partial charge in [-0.15, -0.1) is 0 Å². The van der Waals surface area contributed by atoms with Crippen molar-refractivity contribution < 1.29 is 19.1 Å². The normalized spacial score (nSPS) is 11.7. The summed E-state index contributed by atoms with van der Waals surface area (Å²) in [6.07, 6.45) is 0.926. The summed E-state index contributed by atoms with van der Waals surface area (Å²) in [5, 5.41) is 13.4. The Morgan fingerprint density at radius 3 is 2.68 bits per heavy atom. The van der Waals surface area contributed by atoms with E-state index in [9.17, 15) is 14.0 Å². The fourth-order valence-electron chi connectivity index (χ4n) is 1.45. The van der Waals surface area contributed by atoms with Gasteiger partial charge in [0.1, 0.15) is 11.9 Å². The molecular weight excluding hydrogens is 319 g/mol. The number of anilines is 1. The van der Waals surface area contributed by atoms with Gasteiger partial charge < -0.3 is 15.7 Å². The quantitative estimate of drug-likeness (QED) is 0.775. The first-order valence-corrected chi connectivity index (χ1v) is 6.48. The number of nitrogens with one attached hydrogen (secondary N) is 2. The Labute approximate surface area is 118 Å². The number of urea groups is 1. The third-order valence-electron chi connectivity index (χ3n) is 2.36. The van der Waals surface area contributed by atoms with Crippen molar-refractivity contribution >= 4 is 33.6 Å². The standard InChI is InChI=1S/C12H14BrFN2O3/c1-2-3-10(11(17)18)16-12(19)15-9-5-4-7(13)6-8(9)14/h4-6,10H,2-3H2,1H3,(H,17,18)(H2,15,16,19). The van der Waals surface area contributed by atoms with Gasteiger partial charge in [0.25, 0.3) is 0 Å². The number of hydrogen-bond acceptors (Lipinski definition) is 2. The van der Waals surface area contributed by atoms with Crippen molar-refractivity contribution in [2.45, 2.75) is 25.8 Å². The summed E-state index contributed by atoms with van der Waals surface area (Å²) >= 11 is 3.10. The van der Waals surface area contributed by atoms with Crippen LogP contribution in [0.1, 0.15) is 19.8 Å². The molecule has 1 unspecified atom stereocenters. The number of carbonyl (C=O) groups is 2. The van der Waals surface area contributed by atoms with Gasteiger partial charge in [-0.25, -0.2) is 14.0 Å². The minimum Gasteiger partial charge on any atom is -0.480 e. The zero-order chi connectivity index (χ0) is 14.4. The van der Waals surface area contributed by atoms with Gasteiger partial charge in [-0.1, -0.05) is 29.3 Å². The number of hydrogen-bond donors (Lipinski definition) is 3. The molecule has 104 valence electrons. The molecule has 1 atom stereocenters. The Bertz CT molecular complexity index is 482. The molecule has 0 spiro atoms. The zero-order valence-corrected chi connectivity index (χ0v) is 11.8. The number of carbonyl (C=O) groups excluding carboxylic acids is 1. The first-order valence-electron chi connectivity index (χ1n) is 5.69. The Morgan fingerprint density at radius 2 is 2.16 bits per heavy atom. The predicted molar refractivity (Wildman–Crippen MR) is 72.6 cm³/mol. The number of rotatable bonds is 5. The number of amides is 2. The average molecular weight is 333 g/mol. The summed E-state index contributed by atoms with van der Waals surface area (Å²) in [4.78, 5) is 22.4. The van der Waals surface area contributed by atoms with Crippen LogP contribution in [0, 0.1) is 5.82 Å². The highest BCUT2D eigenvalue weighted by molar-refractivity contribution is 9.10.